The molecule has 5 rings (SSSR count). The Hall–Kier alpha value is -2.92. The van der Waals surface area contributed by atoms with Gasteiger partial charge in [0.1, 0.15) is 12.1 Å². The molecule has 0 amide bonds. The molecule has 1 aliphatic rings. The SMILES string of the molecule is C[C@H]1CN(Cc2c(F)c(F)c(F)c(F)c2[S+](C)[O-])CCN1c1ccnc2cc(-c3ccccc3F)c(Cl)cc12. The molecule has 1 saturated heterocycles. The van der Waals surface area contributed by atoms with E-state index < -0.39 is 50.7 Å². The van der Waals surface area contributed by atoms with Crippen molar-refractivity contribution in [1.82, 2.24) is 9.88 Å². The maximum Gasteiger partial charge on any atom is 0.217 e. The maximum absolute atomic E-state index is 14.7. The monoisotopic (exact) mass is 579 g/mol. The minimum atomic E-state index is -2.07. The van der Waals surface area contributed by atoms with Gasteiger partial charge in [0.15, 0.2) is 16.5 Å². The lowest BCUT2D eigenvalue weighted by molar-refractivity contribution is 0.214. The highest BCUT2D eigenvalue weighted by Gasteiger charge is 2.33. The number of halogens is 6. The molecule has 0 N–H and O–H groups in total. The Morgan fingerprint density at radius 3 is 2.38 bits per heavy atom. The molecule has 204 valence electrons. The highest BCUT2D eigenvalue weighted by Crippen LogP contribution is 2.37. The van der Waals surface area contributed by atoms with Crippen LogP contribution in [0.5, 0.6) is 0 Å². The summed E-state index contributed by atoms with van der Waals surface area (Å²) in [7, 11) is 0. The van der Waals surface area contributed by atoms with E-state index in [1.165, 1.54) is 6.07 Å². The number of fused-ring (bicyclic) bond motifs is 1. The Bertz CT molecular complexity index is 1570. The molecular weight excluding hydrogens is 557 g/mol. The van der Waals surface area contributed by atoms with Crippen LogP contribution in [0.1, 0.15) is 12.5 Å². The number of hydrogen-bond donors (Lipinski definition) is 0. The van der Waals surface area contributed by atoms with Crippen molar-refractivity contribution in [2.75, 3.05) is 30.8 Å². The van der Waals surface area contributed by atoms with Crippen LogP contribution < -0.4 is 4.90 Å². The van der Waals surface area contributed by atoms with E-state index in [4.69, 9.17) is 11.6 Å². The second-order valence-corrected chi connectivity index (χ2v) is 11.2. The number of nitrogens with zero attached hydrogens (tertiary/aromatic N) is 3. The van der Waals surface area contributed by atoms with Crippen molar-refractivity contribution in [3.8, 4) is 11.1 Å². The van der Waals surface area contributed by atoms with Crippen LogP contribution >= 0.6 is 11.6 Å². The average molecular weight is 580 g/mol. The molecule has 0 saturated carbocycles. The molecule has 2 atom stereocenters. The van der Waals surface area contributed by atoms with Gasteiger partial charge in [-0.15, -0.1) is 0 Å². The second kappa shape index (κ2) is 10.9. The third-order valence-electron chi connectivity index (χ3n) is 6.98. The first kappa shape index (κ1) is 27.6. The third kappa shape index (κ3) is 5.06. The molecule has 1 aromatic heterocycles. The van der Waals surface area contributed by atoms with Crippen LogP contribution in [0.25, 0.3) is 22.0 Å². The summed E-state index contributed by atoms with van der Waals surface area (Å²) < 4.78 is 83.3. The smallest absolute Gasteiger partial charge is 0.217 e. The van der Waals surface area contributed by atoms with Crippen LogP contribution in [0.2, 0.25) is 5.02 Å². The number of aromatic nitrogens is 1. The van der Waals surface area contributed by atoms with E-state index in [1.807, 2.05) is 13.0 Å². The van der Waals surface area contributed by atoms with Gasteiger partial charge in [-0.1, -0.05) is 29.8 Å². The van der Waals surface area contributed by atoms with Gasteiger partial charge in [0.2, 0.25) is 11.6 Å². The lowest BCUT2D eigenvalue weighted by Crippen LogP contribution is -2.51. The van der Waals surface area contributed by atoms with E-state index in [-0.39, 0.29) is 12.6 Å². The third-order valence-corrected chi connectivity index (χ3v) is 8.29. The molecule has 4 aromatic rings. The van der Waals surface area contributed by atoms with Crippen LogP contribution in [-0.4, -0.2) is 46.4 Å². The predicted octanol–water partition coefficient (Wildman–Crippen LogP) is 6.70. The quantitative estimate of drug-likeness (QED) is 0.114. The van der Waals surface area contributed by atoms with Crippen molar-refractivity contribution in [3.63, 3.8) is 0 Å². The van der Waals surface area contributed by atoms with Gasteiger partial charge in [-0.25, -0.2) is 17.6 Å². The van der Waals surface area contributed by atoms with E-state index in [9.17, 15) is 26.5 Å². The second-order valence-electron chi connectivity index (χ2n) is 9.45. The van der Waals surface area contributed by atoms with Gasteiger partial charge in [0.25, 0.3) is 0 Å². The van der Waals surface area contributed by atoms with E-state index in [0.717, 1.165) is 17.3 Å². The first-order chi connectivity index (χ1) is 18.6. The summed E-state index contributed by atoms with van der Waals surface area (Å²) in [5, 5.41) is 1.13. The normalized spacial score (nSPS) is 17.2. The highest BCUT2D eigenvalue weighted by atomic mass is 35.5. The number of benzene rings is 3. The molecule has 0 radical (unpaired) electrons. The standard InChI is InChI=1S/C28H23ClF5N3OS/c1-15-13-36(14-19-24(31)25(32)26(33)27(34)28(19)39(2)38)9-10-37(15)23-7-8-35-22-12-17(20(29)11-18(22)23)16-5-3-4-6-21(16)30/h3-8,11-12,15H,9-10,13-14H2,1-2H3/t15-,39?/m0/s1. The molecule has 0 aliphatic carbocycles. The van der Waals surface area contributed by atoms with Crippen molar-refractivity contribution >= 4 is 39.4 Å². The zero-order valence-electron chi connectivity index (χ0n) is 21.0. The molecular formula is C28H23ClF5N3OS. The molecule has 0 spiro atoms. The molecule has 39 heavy (non-hydrogen) atoms. The Balaban J connectivity index is 1.43. The zero-order chi connectivity index (χ0) is 28.0. The van der Waals surface area contributed by atoms with Gasteiger partial charge in [-0.2, -0.15) is 4.39 Å². The summed E-state index contributed by atoms with van der Waals surface area (Å²) in [4.78, 5) is 7.68. The first-order valence-corrected chi connectivity index (χ1v) is 14.0. The zero-order valence-corrected chi connectivity index (χ0v) is 22.5. The number of piperazine rings is 1. The van der Waals surface area contributed by atoms with Crippen LogP contribution in [0.3, 0.4) is 0 Å². The van der Waals surface area contributed by atoms with Crippen LogP contribution in [0.4, 0.5) is 27.6 Å². The number of hydrogen-bond acceptors (Lipinski definition) is 4. The van der Waals surface area contributed by atoms with E-state index in [1.54, 1.807) is 41.4 Å². The van der Waals surface area contributed by atoms with Crippen molar-refractivity contribution in [2.45, 2.75) is 24.4 Å². The average Bonchev–Trinajstić information content (AvgIpc) is 2.90. The Morgan fingerprint density at radius 1 is 0.974 bits per heavy atom. The Kier molecular flexibility index (Phi) is 7.74. The van der Waals surface area contributed by atoms with Crippen molar-refractivity contribution in [1.29, 1.82) is 0 Å². The van der Waals surface area contributed by atoms with Crippen LogP contribution in [0.15, 0.2) is 53.6 Å². The number of pyridine rings is 1. The highest BCUT2D eigenvalue weighted by molar-refractivity contribution is 7.90. The lowest BCUT2D eigenvalue weighted by Gasteiger charge is -2.41. The Labute approximate surface area is 230 Å². The minimum Gasteiger partial charge on any atom is -0.612 e. The summed E-state index contributed by atoms with van der Waals surface area (Å²) in [6, 6.07) is 11.5. The molecule has 1 fully saturated rings. The van der Waals surface area contributed by atoms with Gasteiger partial charge in [-0.3, -0.25) is 9.88 Å². The van der Waals surface area contributed by atoms with Crippen LogP contribution in [0, 0.1) is 29.1 Å². The minimum absolute atomic E-state index is 0.136. The number of anilines is 1. The van der Waals surface area contributed by atoms with Gasteiger partial charge >= 0.3 is 0 Å². The van der Waals surface area contributed by atoms with Gasteiger partial charge in [0.05, 0.1) is 11.1 Å². The van der Waals surface area contributed by atoms with Gasteiger partial charge < -0.3 is 9.45 Å². The summed E-state index contributed by atoms with van der Waals surface area (Å²) >= 11 is 4.52. The van der Waals surface area contributed by atoms with E-state index in [2.05, 4.69) is 9.88 Å². The number of rotatable bonds is 5. The summed E-state index contributed by atoms with van der Waals surface area (Å²) in [5.74, 6) is -7.45. The maximum atomic E-state index is 14.7. The fourth-order valence-electron chi connectivity index (χ4n) is 5.14. The van der Waals surface area contributed by atoms with Crippen molar-refractivity contribution in [2.24, 2.45) is 0 Å². The molecule has 4 nitrogen and oxygen atoms in total. The van der Waals surface area contributed by atoms with Crippen molar-refractivity contribution in [3.05, 3.63) is 88.3 Å². The summed E-state index contributed by atoms with van der Waals surface area (Å²) in [6.07, 6.45) is 2.74. The Morgan fingerprint density at radius 2 is 1.69 bits per heavy atom. The van der Waals surface area contributed by atoms with Gasteiger partial charge in [-0.05, 0) is 42.4 Å². The molecule has 1 aliphatic heterocycles. The topological polar surface area (TPSA) is 42.4 Å². The molecule has 0 bridgehead atoms. The summed E-state index contributed by atoms with van der Waals surface area (Å²) in [5.41, 5.74) is 1.91. The molecule has 3 aromatic carbocycles. The van der Waals surface area contributed by atoms with E-state index in [0.29, 0.717) is 41.3 Å². The van der Waals surface area contributed by atoms with Crippen LogP contribution in [-0.2, 0) is 17.7 Å². The largest absolute Gasteiger partial charge is 0.612 e. The predicted molar refractivity (Wildman–Crippen MR) is 143 cm³/mol. The van der Waals surface area contributed by atoms with Crippen molar-refractivity contribution < 1.29 is 26.5 Å². The van der Waals surface area contributed by atoms with Gasteiger partial charge in [0, 0.05) is 65.6 Å². The van der Waals surface area contributed by atoms with E-state index >= 15 is 0 Å². The fraction of sp³-hybridized carbons (Fsp3) is 0.250. The lowest BCUT2D eigenvalue weighted by atomic mass is 10.0. The molecule has 2 heterocycles. The fourth-order valence-corrected chi connectivity index (χ4v) is 6.25. The molecule has 1 unspecified atom stereocenters. The summed E-state index contributed by atoms with van der Waals surface area (Å²) in [6.45, 7) is 2.92. The first-order valence-electron chi connectivity index (χ1n) is 12.1. The molecule has 11 heteroatoms.